The molecule has 1 amide bonds. The molecule has 22 heavy (non-hydrogen) atoms. The molecule has 8 nitrogen and oxygen atoms in total. The van der Waals surface area contributed by atoms with Gasteiger partial charge in [-0.25, -0.2) is 0 Å². The highest BCUT2D eigenvalue weighted by Gasteiger charge is 2.17. The first-order chi connectivity index (χ1) is 10.3. The molecule has 120 valence electrons. The van der Waals surface area contributed by atoms with E-state index in [0.29, 0.717) is 5.69 Å². The highest BCUT2D eigenvalue weighted by Crippen LogP contribution is 2.15. The minimum absolute atomic E-state index is 0.311. The third-order valence-electron chi connectivity index (χ3n) is 2.75. The van der Waals surface area contributed by atoms with Gasteiger partial charge < -0.3 is 20.4 Å². The maximum atomic E-state index is 11.9. The highest BCUT2D eigenvalue weighted by atomic mass is 16.4. The van der Waals surface area contributed by atoms with Crippen LogP contribution in [0.1, 0.15) is 0 Å². The lowest BCUT2D eigenvalue weighted by atomic mass is 10.2. The van der Waals surface area contributed by atoms with Gasteiger partial charge in [-0.3, -0.25) is 19.3 Å². The second-order valence-corrected chi connectivity index (χ2v) is 4.92. The van der Waals surface area contributed by atoms with Gasteiger partial charge in [-0.15, -0.1) is 0 Å². The van der Waals surface area contributed by atoms with Crippen molar-refractivity contribution in [1.82, 2.24) is 4.90 Å². The number of anilines is 2. The van der Waals surface area contributed by atoms with Gasteiger partial charge in [-0.1, -0.05) is 0 Å². The highest BCUT2D eigenvalue weighted by molar-refractivity contribution is 5.93. The Kier molecular flexibility index (Phi) is 6.33. The van der Waals surface area contributed by atoms with Crippen LogP contribution in [0.15, 0.2) is 24.3 Å². The van der Waals surface area contributed by atoms with E-state index in [0.717, 1.165) is 10.6 Å². The zero-order valence-corrected chi connectivity index (χ0v) is 12.4. The average molecular weight is 309 g/mol. The van der Waals surface area contributed by atoms with Gasteiger partial charge in [0.25, 0.3) is 0 Å². The number of rotatable bonds is 8. The summed E-state index contributed by atoms with van der Waals surface area (Å²) in [6.07, 6.45) is 0. The molecule has 0 saturated carbocycles. The molecule has 1 aromatic carbocycles. The molecule has 0 aliphatic heterocycles. The lowest BCUT2D eigenvalue weighted by Gasteiger charge is -2.17. The number of carboxylic acids is 2. The second kappa shape index (κ2) is 7.99. The smallest absolute Gasteiger partial charge is 0.317 e. The van der Waals surface area contributed by atoms with E-state index in [4.69, 9.17) is 10.2 Å². The van der Waals surface area contributed by atoms with Crippen LogP contribution in [0.25, 0.3) is 0 Å². The van der Waals surface area contributed by atoms with Crippen molar-refractivity contribution in [2.45, 2.75) is 0 Å². The molecule has 0 fully saturated rings. The fourth-order valence-corrected chi connectivity index (χ4v) is 1.80. The van der Waals surface area contributed by atoms with Gasteiger partial charge in [-0.05, 0) is 24.3 Å². The van der Waals surface area contributed by atoms with Crippen LogP contribution < -0.4 is 10.2 Å². The van der Waals surface area contributed by atoms with E-state index in [2.05, 4.69) is 5.32 Å². The number of amides is 1. The average Bonchev–Trinajstić information content (AvgIpc) is 2.37. The summed E-state index contributed by atoms with van der Waals surface area (Å²) in [5, 5.41) is 20.0. The Bertz CT molecular complexity index is 526. The number of aliphatic carboxylic acids is 2. The van der Waals surface area contributed by atoms with E-state index < -0.39 is 30.9 Å². The van der Waals surface area contributed by atoms with Gasteiger partial charge in [0, 0.05) is 25.5 Å². The van der Waals surface area contributed by atoms with Crippen molar-refractivity contribution in [3.05, 3.63) is 24.3 Å². The molecule has 1 rings (SSSR count). The number of carboxylic acid groups (broad SMARTS) is 2. The summed E-state index contributed by atoms with van der Waals surface area (Å²) in [5.74, 6) is -2.85. The van der Waals surface area contributed by atoms with Crippen LogP contribution in [-0.4, -0.2) is 66.7 Å². The maximum Gasteiger partial charge on any atom is 0.317 e. The topological polar surface area (TPSA) is 110 Å². The summed E-state index contributed by atoms with van der Waals surface area (Å²) in [5.41, 5.74) is 1.53. The van der Waals surface area contributed by atoms with Crippen LogP contribution in [0, 0.1) is 0 Å². The fourth-order valence-electron chi connectivity index (χ4n) is 1.80. The maximum absolute atomic E-state index is 11.9. The van der Waals surface area contributed by atoms with Gasteiger partial charge in [0.1, 0.15) is 0 Å². The van der Waals surface area contributed by atoms with Crippen LogP contribution in [0.2, 0.25) is 0 Å². The molecule has 1 aromatic rings. The third-order valence-corrected chi connectivity index (χ3v) is 2.75. The molecule has 0 bridgehead atoms. The third kappa shape index (κ3) is 6.23. The summed E-state index contributed by atoms with van der Waals surface area (Å²) in [7, 11) is 3.78. The van der Waals surface area contributed by atoms with E-state index in [-0.39, 0.29) is 6.54 Å². The van der Waals surface area contributed by atoms with Gasteiger partial charge >= 0.3 is 11.9 Å². The molecule has 0 heterocycles. The van der Waals surface area contributed by atoms with Gasteiger partial charge in [0.2, 0.25) is 5.91 Å². The van der Waals surface area contributed by atoms with E-state index in [1.807, 2.05) is 31.1 Å². The lowest BCUT2D eigenvalue weighted by molar-refractivity contribution is -0.142. The van der Waals surface area contributed by atoms with Crippen LogP contribution in [0.5, 0.6) is 0 Å². The summed E-state index contributed by atoms with van der Waals surface area (Å²) < 4.78 is 0. The predicted octanol–water partition coefficient (Wildman–Crippen LogP) is 0.162. The van der Waals surface area contributed by atoms with Crippen molar-refractivity contribution < 1.29 is 24.6 Å². The Hall–Kier alpha value is -2.61. The molecule has 0 aromatic heterocycles. The molecule has 0 unspecified atom stereocenters. The number of hydrogen-bond acceptors (Lipinski definition) is 5. The van der Waals surface area contributed by atoms with Crippen molar-refractivity contribution in [3.63, 3.8) is 0 Å². The number of benzene rings is 1. The monoisotopic (exact) mass is 309 g/mol. The molecule has 0 saturated heterocycles. The molecule has 0 aliphatic carbocycles. The SMILES string of the molecule is CN(C)c1ccc(NC(=O)CN(CC(=O)O)CC(=O)O)cc1. The minimum atomic E-state index is -1.19. The Balaban J connectivity index is 2.62. The van der Waals surface area contributed by atoms with E-state index in [1.54, 1.807) is 12.1 Å². The summed E-state index contributed by atoms with van der Waals surface area (Å²) in [4.78, 5) is 36.1. The fraction of sp³-hybridized carbons (Fsp3) is 0.357. The first-order valence-corrected chi connectivity index (χ1v) is 6.51. The molecule has 8 heteroatoms. The Morgan fingerprint density at radius 3 is 1.86 bits per heavy atom. The zero-order chi connectivity index (χ0) is 16.7. The standard InChI is InChI=1S/C14H19N3O5/c1-16(2)11-5-3-10(4-6-11)15-12(18)7-17(8-13(19)20)9-14(21)22/h3-6H,7-9H2,1-2H3,(H,15,18)(H,19,20)(H,21,22). The second-order valence-electron chi connectivity index (χ2n) is 4.92. The number of carbonyl (C=O) groups is 3. The van der Waals surface area contributed by atoms with E-state index in [1.165, 1.54) is 0 Å². The lowest BCUT2D eigenvalue weighted by Crippen LogP contribution is -2.40. The normalized spacial score (nSPS) is 10.3. The first kappa shape index (κ1) is 17.4. The predicted molar refractivity (Wildman–Crippen MR) is 81.1 cm³/mol. The molecular formula is C14H19N3O5. The summed E-state index contributed by atoms with van der Waals surface area (Å²) in [6.45, 7) is -1.34. The first-order valence-electron chi connectivity index (χ1n) is 6.51. The number of hydrogen-bond donors (Lipinski definition) is 3. The van der Waals surface area contributed by atoms with Crippen molar-refractivity contribution in [3.8, 4) is 0 Å². The number of carbonyl (C=O) groups excluding carboxylic acids is 1. The number of nitrogens with one attached hydrogen (secondary N) is 1. The zero-order valence-electron chi connectivity index (χ0n) is 12.4. The Morgan fingerprint density at radius 1 is 0.955 bits per heavy atom. The van der Waals surface area contributed by atoms with Gasteiger partial charge in [0.05, 0.1) is 19.6 Å². The Labute approximate surface area is 127 Å². The van der Waals surface area contributed by atoms with Crippen molar-refractivity contribution >= 4 is 29.2 Å². The Morgan fingerprint density at radius 2 is 1.45 bits per heavy atom. The molecular weight excluding hydrogens is 290 g/mol. The van der Waals surface area contributed by atoms with Gasteiger partial charge in [0.15, 0.2) is 0 Å². The molecule has 0 spiro atoms. The van der Waals surface area contributed by atoms with Crippen LogP contribution in [-0.2, 0) is 14.4 Å². The van der Waals surface area contributed by atoms with Crippen LogP contribution in [0.4, 0.5) is 11.4 Å². The molecule has 3 N–H and O–H groups in total. The molecule has 0 radical (unpaired) electrons. The van der Waals surface area contributed by atoms with Crippen molar-refractivity contribution in [2.24, 2.45) is 0 Å². The number of nitrogens with zero attached hydrogens (tertiary/aromatic N) is 2. The molecule has 0 aliphatic rings. The van der Waals surface area contributed by atoms with Gasteiger partial charge in [-0.2, -0.15) is 0 Å². The van der Waals surface area contributed by atoms with Crippen LogP contribution in [0.3, 0.4) is 0 Å². The quantitative estimate of drug-likeness (QED) is 0.627. The summed E-state index contributed by atoms with van der Waals surface area (Å²) >= 11 is 0. The summed E-state index contributed by atoms with van der Waals surface area (Å²) in [6, 6.07) is 7.07. The largest absolute Gasteiger partial charge is 0.480 e. The van der Waals surface area contributed by atoms with E-state index in [9.17, 15) is 14.4 Å². The van der Waals surface area contributed by atoms with Crippen molar-refractivity contribution in [1.29, 1.82) is 0 Å². The minimum Gasteiger partial charge on any atom is -0.480 e. The molecule has 0 atom stereocenters. The van der Waals surface area contributed by atoms with Crippen molar-refractivity contribution in [2.75, 3.05) is 43.9 Å². The van der Waals surface area contributed by atoms with Crippen LogP contribution >= 0.6 is 0 Å². The van der Waals surface area contributed by atoms with E-state index >= 15 is 0 Å².